The third-order valence-electron chi connectivity index (χ3n) is 13.2. The smallest absolute Gasteiger partial charge is 0.404 e. The van der Waals surface area contributed by atoms with Crippen LogP contribution in [-0.2, 0) is 42.7 Å². The number of methoxy groups -OCH3 is 1. The second-order valence-electron chi connectivity index (χ2n) is 18.4. The topological polar surface area (TPSA) is 243 Å². The van der Waals surface area contributed by atoms with Crippen LogP contribution in [0.3, 0.4) is 0 Å². The molecular formula is C50H77NO15. The lowest BCUT2D eigenvalue weighted by Gasteiger charge is -2.50. The van der Waals surface area contributed by atoms with Crippen LogP contribution in [-0.4, -0.2) is 124 Å². The van der Waals surface area contributed by atoms with Gasteiger partial charge in [0.2, 0.25) is 5.76 Å². The standard InChI is InChI=1S/C50H77NO15/c1-13-16-21-41(53)62-38-25-42(61-34(11)47(38)65-49(51)58)63-40-26-50(59,66-37(18-14-2)31(40)8)33(10)45(56)32(9)46-36(52)20-17-19-27(4)22-29(6)43(54)35(15-3)44(55)30(7)23-28(5)24-39(60-12)48(57)64-46/h1,14,17-20,23-24,29-38,40,42-47,52,54-56,59H,15-16,21-22,25-26H2,2-12H3,(H2,51,58)/b18-14+,20-17+,27-19+,28-23+,39-24-/t29-,30-,31-,32+,33+,34+,35+,36+,37-,38+,40-,42-,43+,44-,45-,46-,47+,50-/m1/s1. The van der Waals surface area contributed by atoms with Crippen LogP contribution in [0.25, 0.3) is 0 Å². The van der Waals surface area contributed by atoms with Gasteiger partial charge in [-0.15, -0.1) is 12.3 Å². The maximum atomic E-state index is 13.9. The number of aliphatic hydroxyl groups excluding tert-OH is 4. The molecule has 3 aliphatic rings. The van der Waals surface area contributed by atoms with Crippen molar-refractivity contribution in [2.75, 3.05) is 7.11 Å². The van der Waals surface area contributed by atoms with Crippen LogP contribution in [0.1, 0.15) is 108 Å². The van der Waals surface area contributed by atoms with Gasteiger partial charge in [0.1, 0.15) is 18.3 Å². The fraction of sp³-hybridized carbons (Fsp3) is 0.700. The summed E-state index contributed by atoms with van der Waals surface area (Å²) in [6.45, 7) is 17.7. The van der Waals surface area contributed by atoms with E-state index in [4.69, 9.17) is 45.3 Å². The molecule has 2 saturated heterocycles. The second kappa shape index (κ2) is 25.9. The molecule has 16 nitrogen and oxygen atoms in total. The fourth-order valence-corrected chi connectivity index (χ4v) is 9.24. The Morgan fingerprint density at radius 2 is 1.77 bits per heavy atom. The largest absolute Gasteiger partial charge is 0.490 e. The van der Waals surface area contributed by atoms with Crippen LogP contribution >= 0.6 is 0 Å². The van der Waals surface area contributed by atoms with Gasteiger partial charge in [0.25, 0.3) is 0 Å². The number of amides is 1. The Balaban J connectivity index is 1.98. The number of terminal acetylenes is 1. The highest BCUT2D eigenvalue weighted by molar-refractivity contribution is 5.87. The average molecular weight is 932 g/mol. The van der Waals surface area contributed by atoms with Crippen molar-refractivity contribution in [1.29, 1.82) is 0 Å². The van der Waals surface area contributed by atoms with Crippen molar-refractivity contribution in [1.82, 2.24) is 0 Å². The number of hydrogen-bond acceptors (Lipinski definition) is 15. The van der Waals surface area contributed by atoms with Crippen molar-refractivity contribution >= 4 is 18.0 Å². The zero-order chi connectivity index (χ0) is 49.6. The van der Waals surface area contributed by atoms with Crippen LogP contribution in [0.15, 0.2) is 59.4 Å². The molecule has 0 radical (unpaired) electrons. The van der Waals surface area contributed by atoms with Gasteiger partial charge < -0.3 is 64.4 Å². The highest BCUT2D eigenvalue weighted by Crippen LogP contribution is 2.42. The van der Waals surface area contributed by atoms with E-state index in [0.29, 0.717) is 18.4 Å². The van der Waals surface area contributed by atoms with Crippen LogP contribution < -0.4 is 5.73 Å². The number of ether oxygens (including phenoxy) is 7. The SMILES string of the molecule is C#CCCC(=O)O[C@H]1C[C@@H](O[C@@H]2C[C@](O)([C@@H](C)[C@H](O)[C@H](C)[C@H]3OC(=O)/C(OC)=C/C(C)=C/[C@@H](C)[C@@H](O)[C@@H](CC)[C@@H](O)[C@H](C)C/C(C)=C/C=C/[C@@H]3O)O[C@H](/C=C/C)[C@H]2C)O[C@@H](C)[C@@H]1OC(N)=O. The first-order chi connectivity index (χ1) is 31.0. The number of carbonyl (C=O) groups is 3. The Morgan fingerprint density at radius 1 is 1.09 bits per heavy atom. The van der Waals surface area contributed by atoms with Gasteiger partial charge in [-0.1, -0.05) is 89.1 Å². The van der Waals surface area contributed by atoms with Crippen LogP contribution in [0.2, 0.25) is 0 Å². The first-order valence-corrected chi connectivity index (χ1v) is 23.2. The Hall–Kier alpha value is -4.05. The molecule has 0 aromatic rings. The molecule has 66 heavy (non-hydrogen) atoms. The second-order valence-corrected chi connectivity index (χ2v) is 18.4. The third-order valence-corrected chi connectivity index (χ3v) is 13.2. The van der Waals surface area contributed by atoms with Gasteiger partial charge in [-0.05, 0) is 52.5 Å². The van der Waals surface area contributed by atoms with Crippen molar-refractivity contribution in [2.45, 2.75) is 181 Å². The molecule has 3 rings (SSSR count). The van der Waals surface area contributed by atoms with Crippen molar-refractivity contribution in [2.24, 2.45) is 41.2 Å². The van der Waals surface area contributed by atoms with Crippen LogP contribution in [0.5, 0.6) is 0 Å². The van der Waals surface area contributed by atoms with Gasteiger partial charge in [-0.2, -0.15) is 0 Å². The maximum Gasteiger partial charge on any atom is 0.404 e. The van der Waals surface area contributed by atoms with Gasteiger partial charge in [-0.3, -0.25) is 4.79 Å². The molecule has 0 bridgehead atoms. The molecule has 0 aromatic carbocycles. The number of esters is 2. The summed E-state index contributed by atoms with van der Waals surface area (Å²) in [5.41, 5.74) is 6.80. The molecule has 1 amide bonds. The predicted molar refractivity (Wildman–Crippen MR) is 245 cm³/mol. The summed E-state index contributed by atoms with van der Waals surface area (Å²) >= 11 is 0. The van der Waals surface area contributed by atoms with Gasteiger partial charge in [0, 0.05) is 48.9 Å². The molecule has 2 fully saturated rings. The van der Waals surface area contributed by atoms with E-state index in [2.05, 4.69) is 5.92 Å². The van der Waals surface area contributed by atoms with Crippen molar-refractivity contribution in [3.05, 3.63) is 59.4 Å². The highest BCUT2D eigenvalue weighted by Gasteiger charge is 2.53. The molecule has 7 N–H and O–H groups in total. The van der Waals surface area contributed by atoms with Crippen LogP contribution in [0.4, 0.5) is 4.79 Å². The molecule has 372 valence electrons. The van der Waals surface area contributed by atoms with E-state index in [9.17, 15) is 39.9 Å². The summed E-state index contributed by atoms with van der Waals surface area (Å²) in [7, 11) is 1.30. The highest BCUT2D eigenvalue weighted by atomic mass is 16.7. The predicted octanol–water partition coefficient (Wildman–Crippen LogP) is 5.29. The first-order valence-electron chi connectivity index (χ1n) is 23.2. The Labute approximate surface area is 391 Å². The Morgan fingerprint density at radius 3 is 2.38 bits per heavy atom. The molecule has 3 aliphatic heterocycles. The summed E-state index contributed by atoms with van der Waals surface area (Å²) in [5, 5.41) is 59.0. The van der Waals surface area contributed by atoms with Crippen molar-refractivity contribution in [3.8, 4) is 12.3 Å². The van der Waals surface area contributed by atoms with E-state index >= 15 is 0 Å². The molecule has 0 aliphatic carbocycles. The fourth-order valence-electron chi connectivity index (χ4n) is 9.24. The monoisotopic (exact) mass is 932 g/mol. The Bertz CT molecular complexity index is 1800. The van der Waals surface area contributed by atoms with Crippen LogP contribution in [0, 0.1) is 47.9 Å². The molecule has 0 spiro atoms. The summed E-state index contributed by atoms with van der Waals surface area (Å²) in [6.07, 6.45) is 5.35. The molecule has 0 unspecified atom stereocenters. The number of carbonyl (C=O) groups excluding carboxylic acids is 3. The molecular weight excluding hydrogens is 855 g/mol. The summed E-state index contributed by atoms with van der Waals surface area (Å²) < 4.78 is 41.4. The van der Waals surface area contributed by atoms with E-state index in [1.54, 1.807) is 65.0 Å². The summed E-state index contributed by atoms with van der Waals surface area (Å²) in [4.78, 5) is 38.3. The van der Waals surface area contributed by atoms with E-state index in [1.165, 1.54) is 19.3 Å². The average Bonchev–Trinajstić information content (AvgIpc) is 3.25. The van der Waals surface area contributed by atoms with Gasteiger partial charge >= 0.3 is 18.0 Å². The number of hydrogen-bond donors (Lipinski definition) is 6. The maximum absolute atomic E-state index is 13.9. The van der Waals surface area contributed by atoms with E-state index in [-0.39, 0.29) is 43.3 Å². The lowest BCUT2D eigenvalue weighted by atomic mass is 9.77. The molecule has 3 heterocycles. The van der Waals surface area contributed by atoms with E-state index in [0.717, 1.165) is 5.57 Å². The minimum Gasteiger partial charge on any atom is -0.490 e. The zero-order valence-electron chi connectivity index (χ0n) is 40.6. The number of rotatable bonds is 13. The molecule has 0 saturated carbocycles. The van der Waals surface area contributed by atoms with Gasteiger partial charge in [0.05, 0.1) is 50.2 Å². The third kappa shape index (κ3) is 15.2. The van der Waals surface area contributed by atoms with Gasteiger partial charge in [0.15, 0.2) is 18.2 Å². The van der Waals surface area contributed by atoms with Crippen molar-refractivity contribution < 1.29 is 73.1 Å². The molecule has 18 atom stereocenters. The minimum absolute atomic E-state index is 0.0578. The lowest BCUT2D eigenvalue weighted by molar-refractivity contribution is -0.339. The summed E-state index contributed by atoms with van der Waals surface area (Å²) in [6, 6.07) is 0. The molecule has 0 aromatic heterocycles. The molecule has 16 heteroatoms. The summed E-state index contributed by atoms with van der Waals surface area (Å²) in [5.74, 6) is -4.94. The van der Waals surface area contributed by atoms with Crippen molar-refractivity contribution in [3.63, 3.8) is 0 Å². The quantitative estimate of drug-likeness (QED) is 0.0595. The van der Waals surface area contributed by atoms with E-state index < -0.39 is 115 Å². The normalized spacial score (nSPS) is 39.6. The zero-order valence-corrected chi connectivity index (χ0v) is 40.6. The lowest BCUT2D eigenvalue weighted by Crippen LogP contribution is -2.59. The number of primary amides is 1. The number of cyclic esters (lactones) is 1. The first kappa shape index (κ1) is 56.3. The Kier molecular flexibility index (Phi) is 22.1. The minimum atomic E-state index is -2.06. The van der Waals surface area contributed by atoms with Gasteiger partial charge in [-0.25, -0.2) is 9.59 Å². The number of allylic oxidation sites excluding steroid dienone is 6. The van der Waals surface area contributed by atoms with E-state index in [1.807, 2.05) is 34.6 Å². The number of nitrogens with two attached hydrogens (primary N) is 1. The number of aliphatic hydroxyl groups is 5.